The molecule has 0 saturated carbocycles. The molecule has 16 heavy (non-hydrogen) atoms. The minimum absolute atomic E-state index is 0.561. The van der Waals surface area contributed by atoms with Crippen LogP contribution in [0.1, 0.15) is 18.1 Å². The molecular formula is C12H16F3Sb. The van der Waals surface area contributed by atoms with Crippen molar-refractivity contribution in [2.24, 2.45) is 0 Å². The van der Waals surface area contributed by atoms with Crippen LogP contribution in [0, 0.1) is 0 Å². The van der Waals surface area contributed by atoms with E-state index in [0.717, 1.165) is 12.0 Å². The summed E-state index contributed by atoms with van der Waals surface area (Å²) in [5.41, 5.74) is 0.452. The predicted molar refractivity (Wildman–Crippen MR) is 62.1 cm³/mol. The maximum atomic E-state index is 12.3. The van der Waals surface area contributed by atoms with Crippen molar-refractivity contribution in [2.75, 3.05) is 0 Å². The molecule has 1 rings (SSSR count). The Labute approximate surface area is 102 Å². The molecule has 0 aliphatic rings. The van der Waals surface area contributed by atoms with Gasteiger partial charge in [0.25, 0.3) is 0 Å². The van der Waals surface area contributed by atoms with Crippen LogP contribution in [-0.2, 0) is 12.6 Å². The fourth-order valence-corrected chi connectivity index (χ4v) is 3.00. The van der Waals surface area contributed by atoms with E-state index in [2.05, 4.69) is 16.7 Å². The van der Waals surface area contributed by atoms with Gasteiger partial charge in [-0.1, -0.05) is 0 Å². The molecule has 0 heterocycles. The van der Waals surface area contributed by atoms with Gasteiger partial charge < -0.3 is 0 Å². The summed E-state index contributed by atoms with van der Waals surface area (Å²) in [4.78, 5) is 4.61. The molecule has 0 bridgehead atoms. The molecule has 1 unspecified atom stereocenters. The Kier molecular flexibility index (Phi) is 4.72. The van der Waals surface area contributed by atoms with E-state index in [1.54, 1.807) is 12.1 Å². The van der Waals surface area contributed by atoms with Crippen LogP contribution >= 0.6 is 0 Å². The molecule has 1 aromatic carbocycles. The maximum absolute atomic E-state index is 12.3. The zero-order valence-electron chi connectivity index (χ0n) is 9.67. The Morgan fingerprint density at radius 1 is 1.12 bits per heavy atom. The van der Waals surface area contributed by atoms with E-state index in [-0.39, 0.29) is 0 Å². The molecule has 90 valence electrons. The van der Waals surface area contributed by atoms with Crippen molar-refractivity contribution < 1.29 is 13.2 Å². The van der Waals surface area contributed by atoms with Crippen molar-refractivity contribution >= 4 is 20.2 Å². The van der Waals surface area contributed by atoms with Gasteiger partial charge in [0, 0.05) is 0 Å². The molecule has 0 radical (unpaired) electrons. The van der Waals surface area contributed by atoms with E-state index < -0.39 is 31.9 Å². The summed E-state index contributed by atoms with van der Waals surface area (Å²) in [6, 6.07) is 5.55. The van der Waals surface area contributed by atoms with Crippen LogP contribution in [0.3, 0.4) is 0 Å². The molecule has 0 spiro atoms. The van der Waals surface area contributed by atoms with Gasteiger partial charge >= 0.3 is 102 Å². The van der Waals surface area contributed by atoms with Crippen LogP contribution in [0.2, 0.25) is 13.6 Å². The second-order valence-electron chi connectivity index (χ2n) is 4.21. The summed E-state index contributed by atoms with van der Waals surface area (Å²) in [7, 11) is 0. The Hall–Kier alpha value is -0.172. The molecule has 4 heteroatoms. The van der Waals surface area contributed by atoms with Gasteiger partial charge in [0.2, 0.25) is 0 Å². The van der Waals surface area contributed by atoms with Gasteiger partial charge in [-0.25, -0.2) is 0 Å². The third-order valence-electron chi connectivity index (χ3n) is 2.69. The first-order valence-corrected chi connectivity index (χ1v) is 11.7. The summed E-state index contributed by atoms with van der Waals surface area (Å²) in [5.74, 6) is 0. The molecule has 0 fully saturated rings. The molecule has 0 amide bonds. The van der Waals surface area contributed by atoms with Crippen molar-refractivity contribution in [2.45, 2.75) is 33.1 Å². The normalized spacial score (nSPS) is 14.2. The van der Waals surface area contributed by atoms with Crippen molar-refractivity contribution in [3.63, 3.8) is 0 Å². The zero-order valence-corrected chi connectivity index (χ0v) is 12.2. The second-order valence-corrected chi connectivity index (χ2v) is 12.2. The average Bonchev–Trinajstić information content (AvgIpc) is 2.17. The first kappa shape index (κ1) is 13.9. The van der Waals surface area contributed by atoms with Crippen molar-refractivity contribution in [1.29, 1.82) is 0 Å². The fraction of sp³-hybridized carbons (Fsp3) is 0.500. The Morgan fingerprint density at radius 2 is 1.62 bits per heavy atom. The summed E-state index contributed by atoms with van der Waals surface area (Å²) in [6.45, 7) is 2.19. The molecule has 0 saturated heterocycles. The molecule has 1 aromatic rings. The van der Waals surface area contributed by atoms with Gasteiger partial charge in [-0.05, 0) is 0 Å². The predicted octanol–water partition coefficient (Wildman–Crippen LogP) is 4.39. The number of benzene rings is 1. The molecule has 0 aromatic heterocycles. The van der Waals surface area contributed by atoms with Crippen LogP contribution in [0.15, 0.2) is 24.3 Å². The Balaban J connectivity index is 2.72. The summed E-state index contributed by atoms with van der Waals surface area (Å²) in [6.07, 6.45) is -3.31. The summed E-state index contributed by atoms with van der Waals surface area (Å²) in [5, 5.41) is 0. The van der Waals surface area contributed by atoms with Crippen LogP contribution in [0.5, 0.6) is 0 Å². The number of halogens is 3. The second kappa shape index (κ2) is 5.44. The van der Waals surface area contributed by atoms with E-state index in [1.165, 1.54) is 12.1 Å². The molecule has 0 N–H and O–H groups in total. The molecule has 0 aliphatic heterocycles. The Bertz CT molecular complexity index is 327. The van der Waals surface area contributed by atoms with Gasteiger partial charge in [-0.3, -0.25) is 0 Å². The average molecular weight is 339 g/mol. The van der Waals surface area contributed by atoms with E-state index >= 15 is 0 Å². The third-order valence-corrected chi connectivity index (χ3v) is 8.25. The van der Waals surface area contributed by atoms with Crippen LogP contribution < -0.4 is 0 Å². The molecular weight excluding hydrogens is 323 g/mol. The third kappa shape index (κ3) is 4.01. The van der Waals surface area contributed by atoms with E-state index in [4.69, 9.17) is 0 Å². The van der Waals surface area contributed by atoms with Crippen molar-refractivity contribution in [3.8, 4) is 0 Å². The monoisotopic (exact) mass is 338 g/mol. The molecule has 1 atom stereocenters. The Morgan fingerprint density at radius 3 is 2.00 bits per heavy atom. The number of hydrogen-bond acceptors (Lipinski definition) is 0. The number of alkyl halides is 3. The van der Waals surface area contributed by atoms with Crippen LogP contribution in [0.25, 0.3) is 0 Å². The fourth-order valence-electron chi connectivity index (χ4n) is 1.35. The topological polar surface area (TPSA) is 0 Å². The van der Waals surface area contributed by atoms with Gasteiger partial charge in [0.15, 0.2) is 0 Å². The van der Waals surface area contributed by atoms with E-state index in [0.29, 0.717) is 3.86 Å². The summed E-state index contributed by atoms with van der Waals surface area (Å²) >= 11 is -1.10. The van der Waals surface area contributed by atoms with Gasteiger partial charge in [0.05, 0.1) is 0 Å². The van der Waals surface area contributed by atoms with Gasteiger partial charge in [-0.15, -0.1) is 0 Å². The molecule has 0 nitrogen and oxygen atoms in total. The van der Waals surface area contributed by atoms with E-state index in [9.17, 15) is 13.2 Å². The number of hydrogen-bond donors (Lipinski definition) is 0. The quantitative estimate of drug-likeness (QED) is 0.717. The van der Waals surface area contributed by atoms with Gasteiger partial charge in [0.1, 0.15) is 0 Å². The SMILES string of the molecule is C[CH](Cc1ccc(C(F)(F)F)cc1)[Sb]([CH3])[CH3]. The van der Waals surface area contributed by atoms with Crippen molar-refractivity contribution in [1.82, 2.24) is 0 Å². The first-order valence-electron chi connectivity index (χ1n) is 5.13. The number of rotatable bonds is 3. The van der Waals surface area contributed by atoms with Crippen molar-refractivity contribution in [3.05, 3.63) is 35.4 Å². The first-order chi connectivity index (χ1) is 7.30. The minimum atomic E-state index is -4.22. The van der Waals surface area contributed by atoms with Crippen LogP contribution in [0.4, 0.5) is 13.2 Å². The zero-order chi connectivity index (χ0) is 12.3. The van der Waals surface area contributed by atoms with Crippen LogP contribution in [-0.4, -0.2) is 20.2 Å². The molecule has 0 aliphatic carbocycles. The van der Waals surface area contributed by atoms with E-state index in [1.807, 2.05) is 0 Å². The van der Waals surface area contributed by atoms with Gasteiger partial charge in [-0.2, -0.15) is 0 Å². The summed E-state index contributed by atoms with van der Waals surface area (Å²) < 4.78 is 37.6. The standard InChI is InChI=1S/C10H10F3.2CH3.Sb/c1-2-3-8-4-6-9(7-5-8)10(11,12)13;;;/h2,4-7H,3H2,1H3;2*1H3;.